The van der Waals surface area contributed by atoms with E-state index in [9.17, 15) is 4.79 Å². The molecule has 5 heteroatoms. The van der Waals surface area contributed by atoms with E-state index in [0.29, 0.717) is 6.42 Å². The van der Waals surface area contributed by atoms with Gasteiger partial charge in [0, 0.05) is 30.8 Å². The Morgan fingerprint density at radius 3 is 3.20 bits per heavy atom. The molecule has 0 amide bonds. The Morgan fingerprint density at radius 2 is 2.47 bits per heavy atom. The molecule has 0 saturated carbocycles. The third kappa shape index (κ3) is 2.54. The van der Waals surface area contributed by atoms with Crippen LogP contribution in [0.25, 0.3) is 0 Å². The molecule has 15 heavy (non-hydrogen) atoms. The highest BCUT2D eigenvalue weighted by Gasteiger charge is 2.18. The smallest absolute Gasteiger partial charge is 0.303 e. The summed E-state index contributed by atoms with van der Waals surface area (Å²) in [6.45, 7) is 2.01. The molecule has 0 fully saturated rings. The van der Waals surface area contributed by atoms with E-state index >= 15 is 0 Å². The Labute approximate surface area is 92.6 Å². The molecule has 0 radical (unpaired) electrons. The maximum Gasteiger partial charge on any atom is 0.303 e. The fraction of sp³-hybridized carbons (Fsp3) is 0.600. The van der Waals surface area contributed by atoms with Gasteiger partial charge in [0.25, 0.3) is 0 Å². The number of carboxylic acids is 1. The fourth-order valence-corrected chi connectivity index (χ4v) is 2.89. The molecule has 1 aromatic rings. The lowest BCUT2D eigenvalue weighted by Crippen LogP contribution is -2.25. The van der Waals surface area contributed by atoms with Gasteiger partial charge < -0.3 is 10.0 Å². The molecule has 0 bridgehead atoms. The van der Waals surface area contributed by atoms with E-state index < -0.39 is 5.97 Å². The van der Waals surface area contributed by atoms with Gasteiger partial charge in [-0.25, -0.2) is 4.98 Å². The van der Waals surface area contributed by atoms with Gasteiger partial charge in [-0.05, 0) is 7.05 Å². The topological polar surface area (TPSA) is 53.4 Å². The van der Waals surface area contributed by atoms with E-state index in [-0.39, 0.29) is 6.42 Å². The van der Waals surface area contributed by atoms with Crippen molar-refractivity contribution in [1.82, 2.24) is 9.88 Å². The predicted octanol–water partition coefficient (Wildman–Crippen LogP) is 1.15. The van der Waals surface area contributed by atoms with Crippen LogP contribution in [-0.4, -0.2) is 34.6 Å². The summed E-state index contributed by atoms with van der Waals surface area (Å²) in [6, 6.07) is 0. The molecule has 0 saturated heterocycles. The van der Waals surface area contributed by atoms with Gasteiger partial charge in [-0.3, -0.25) is 4.79 Å². The molecule has 1 aliphatic rings. The number of aromatic nitrogens is 1. The van der Waals surface area contributed by atoms with Crippen LogP contribution in [0.3, 0.4) is 0 Å². The number of fused-ring (bicyclic) bond motifs is 1. The predicted molar refractivity (Wildman–Crippen MR) is 58.1 cm³/mol. The molecular weight excluding hydrogens is 212 g/mol. The minimum Gasteiger partial charge on any atom is -0.481 e. The number of carbonyl (C=O) groups is 1. The minimum absolute atomic E-state index is 0.183. The van der Waals surface area contributed by atoms with Crippen molar-refractivity contribution >= 4 is 17.3 Å². The number of likely N-dealkylation sites (N-methyl/N-ethyl adjacent to an activating group) is 1. The van der Waals surface area contributed by atoms with E-state index in [1.54, 1.807) is 11.3 Å². The summed E-state index contributed by atoms with van der Waals surface area (Å²) in [5, 5.41) is 9.56. The number of aliphatic carboxylic acids is 1. The summed E-state index contributed by atoms with van der Waals surface area (Å²) in [5.41, 5.74) is 1.18. The van der Waals surface area contributed by atoms with Gasteiger partial charge in [0.1, 0.15) is 0 Å². The van der Waals surface area contributed by atoms with Gasteiger partial charge in [-0.15, -0.1) is 11.3 Å². The van der Waals surface area contributed by atoms with Crippen LogP contribution in [0.2, 0.25) is 0 Å². The Balaban J connectivity index is 2.06. The lowest BCUT2D eigenvalue weighted by atomic mass is 10.2. The lowest BCUT2D eigenvalue weighted by Gasteiger charge is -2.20. The number of thiazole rings is 1. The standard InChI is InChI=1S/C10H14N2O2S/c1-12-5-4-7-8(6-12)15-9(11-7)2-3-10(13)14/h2-6H2,1H3,(H,13,14). The zero-order chi connectivity index (χ0) is 10.8. The van der Waals surface area contributed by atoms with Crippen LogP contribution in [0.1, 0.15) is 22.0 Å². The SMILES string of the molecule is CN1CCc2nc(CCC(=O)O)sc2C1. The van der Waals surface area contributed by atoms with Gasteiger partial charge in [-0.1, -0.05) is 0 Å². The second-order valence-electron chi connectivity index (χ2n) is 3.86. The van der Waals surface area contributed by atoms with Crippen molar-refractivity contribution in [3.63, 3.8) is 0 Å². The molecule has 1 aromatic heterocycles. The first-order chi connectivity index (χ1) is 7.15. The third-order valence-corrected chi connectivity index (χ3v) is 3.66. The molecular formula is C10H14N2O2S. The first-order valence-corrected chi connectivity index (χ1v) is 5.84. The van der Waals surface area contributed by atoms with Crippen molar-refractivity contribution in [1.29, 1.82) is 0 Å². The van der Waals surface area contributed by atoms with E-state index in [1.807, 2.05) is 0 Å². The van der Waals surface area contributed by atoms with Crippen LogP contribution in [0, 0.1) is 0 Å². The van der Waals surface area contributed by atoms with Crippen LogP contribution in [0.15, 0.2) is 0 Å². The maximum atomic E-state index is 10.4. The van der Waals surface area contributed by atoms with Crippen molar-refractivity contribution in [3.8, 4) is 0 Å². The Kier molecular flexibility index (Phi) is 3.02. The summed E-state index contributed by atoms with van der Waals surface area (Å²) in [4.78, 5) is 18.5. The first-order valence-electron chi connectivity index (χ1n) is 5.03. The van der Waals surface area contributed by atoms with Crippen molar-refractivity contribution in [2.45, 2.75) is 25.8 Å². The summed E-state index contributed by atoms with van der Waals surface area (Å²) < 4.78 is 0. The molecule has 0 atom stereocenters. The average Bonchev–Trinajstić information content (AvgIpc) is 2.56. The van der Waals surface area contributed by atoms with E-state index in [1.165, 1.54) is 10.6 Å². The van der Waals surface area contributed by atoms with Gasteiger partial charge in [0.15, 0.2) is 0 Å². The van der Waals surface area contributed by atoms with Crippen molar-refractivity contribution in [2.24, 2.45) is 0 Å². The van der Waals surface area contributed by atoms with Crippen LogP contribution in [0.5, 0.6) is 0 Å². The number of hydrogen-bond donors (Lipinski definition) is 1. The molecule has 0 unspecified atom stereocenters. The largest absolute Gasteiger partial charge is 0.481 e. The number of aryl methyl sites for hydroxylation is 1. The van der Waals surface area contributed by atoms with Gasteiger partial charge >= 0.3 is 5.97 Å². The van der Waals surface area contributed by atoms with Crippen LogP contribution < -0.4 is 0 Å². The first kappa shape index (κ1) is 10.6. The monoisotopic (exact) mass is 226 g/mol. The van der Waals surface area contributed by atoms with Crippen LogP contribution >= 0.6 is 11.3 Å². The van der Waals surface area contributed by atoms with Crippen LogP contribution in [-0.2, 0) is 24.2 Å². The zero-order valence-electron chi connectivity index (χ0n) is 8.69. The Hall–Kier alpha value is -0.940. The summed E-state index contributed by atoms with van der Waals surface area (Å²) >= 11 is 1.66. The molecule has 2 rings (SSSR count). The van der Waals surface area contributed by atoms with Crippen LogP contribution in [0.4, 0.5) is 0 Å². The average molecular weight is 226 g/mol. The molecule has 0 aromatic carbocycles. The second kappa shape index (κ2) is 4.28. The zero-order valence-corrected chi connectivity index (χ0v) is 9.51. The Bertz CT molecular complexity index is 375. The van der Waals surface area contributed by atoms with Gasteiger partial charge in [0.2, 0.25) is 0 Å². The van der Waals surface area contributed by atoms with Crippen molar-refractivity contribution < 1.29 is 9.90 Å². The third-order valence-electron chi connectivity index (χ3n) is 2.52. The summed E-state index contributed by atoms with van der Waals surface area (Å²) in [5.74, 6) is -0.750. The second-order valence-corrected chi connectivity index (χ2v) is 5.03. The number of nitrogens with zero attached hydrogens (tertiary/aromatic N) is 2. The molecule has 4 nitrogen and oxygen atoms in total. The van der Waals surface area contributed by atoms with Gasteiger partial charge in [0.05, 0.1) is 17.1 Å². The van der Waals surface area contributed by atoms with Gasteiger partial charge in [-0.2, -0.15) is 0 Å². The van der Waals surface area contributed by atoms with E-state index in [0.717, 1.165) is 24.5 Å². The normalized spacial score (nSPS) is 16.3. The Morgan fingerprint density at radius 1 is 1.67 bits per heavy atom. The molecule has 0 aliphatic carbocycles. The molecule has 2 heterocycles. The maximum absolute atomic E-state index is 10.4. The number of rotatable bonds is 3. The molecule has 82 valence electrons. The highest BCUT2D eigenvalue weighted by atomic mass is 32.1. The van der Waals surface area contributed by atoms with Crippen molar-refractivity contribution in [3.05, 3.63) is 15.6 Å². The highest BCUT2D eigenvalue weighted by molar-refractivity contribution is 7.11. The minimum atomic E-state index is -0.750. The van der Waals surface area contributed by atoms with Crippen molar-refractivity contribution in [2.75, 3.05) is 13.6 Å². The number of hydrogen-bond acceptors (Lipinski definition) is 4. The molecule has 1 N–H and O–H groups in total. The van der Waals surface area contributed by atoms with E-state index in [2.05, 4.69) is 16.9 Å². The molecule has 0 spiro atoms. The quantitative estimate of drug-likeness (QED) is 0.840. The summed E-state index contributed by atoms with van der Waals surface area (Å²) in [6.07, 6.45) is 1.74. The lowest BCUT2D eigenvalue weighted by molar-refractivity contribution is -0.136. The summed E-state index contributed by atoms with van der Waals surface area (Å²) in [7, 11) is 2.10. The highest BCUT2D eigenvalue weighted by Crippen LogP contribution is 2.25. The van der Waals surface area contributed by atoms with E-state index in [4.69, 9.17) is 5.11 Å². The molecule has 1 aliphatic heterocycles. The fourth-order valence-electron chi connectivity index (χ4n) is 1.70. The number of carboxylic acid groups (broad SMARTS) is 1.